The number of hydrogen-bond acceptors (Lipinski definition) is 5. The fraction of sp³-hybridized carbons (Fsp3) is 0.357. The van der Waals surface area contributed by atoms with Crippen molar-refractivity contribution in [3.05, 3.63) is 40.6 Å². The van der Waals surface area contributed by atoms with Crippen molar-refractivity contribution in [2.75, 3.05) is 18.5 Å². The highest BCUT2D eigenvalue weighted by Crippen LogP contribution is 2.32. The molecule has 0 saturated heterocycles. The van der Waals surface area contributed by atoms with Gasteiger partial charge in [-0.3, -0.25) is 15.1 Å². The van der Waals surface area contributed by atoms with Gasteiger partial charge in [-0.25, -0.2) is 0 Å². The topological polar surface area (TPSA) is 88.3 Å². The molecule has 2 aromatic rings. The lowest BCUT2D eigenvalue weighted by molar-refractivity contribution is -0.382. The third kappa shape index (κ3) is 3.21. The maximum absolute atomic E-state index is 11.3. The van der Waals surface area contributed by atoms with Crippen LogP contribution < -0.4 is 5.32 Å². The van der Waals surface area contributed by atoms with Gasteiger partial charge < -0.3 is 10.4 Å². The summed E-state index contributed by atoms with van der Waals surface area (Å²) in [6.07, 6.45) is 4.13. The van der Waals surface area contributed by atoms with E-state index in [-0.39, 0.29) is 17.2 Å². The van der Waals surface area contributed by atoms with Gasteiger partial charge in [0.1, 0.15) is 5.69 Å². The smallest absolute Gasteiger partial charge is 0.301 e. The van der Waals surface area contributed by atoms with Crippen LogP contribution in [-0.4, -0.2) is 28.2 Å². The Hall–Kier alpha value is -2.21. The highest BCUT2D eigenvalue weighted by Gasteiger charge is 2.18. The minimum Gasteiger partial charge on any atom is -0.396 e. The highest BCUT2D eigenvalue weighted by atomic mass is 16.6. The van der Waals surface area contributed by atoms with Gasteiger partial charge in [0.05, 0.1) is 15.8 Å². The van der Waals surface area contributed by atoms with Crippen LogP contribution in [0, 0.1) is 10.1 Å². The second kappa shape index (κ2) is 6.81. The number of nitrogens with one attached hydrogen (secondary N) is 1. The molecule has 6 nitrogen and oxygen atoms in total. The number of aliphatic hydroxyl groups is 1. The third-order valence-electron chi connectivity index (χ3n) is 3.09. The lowest BCUT2D eigenvalue weighted by Gasteiger charge is -2.08. The lowest BCUT2D eigenvalue weighted by Crippen LogP contribution is -2.05. The summed E-state index contributed by atoms with van der Waals surface area (Å²) in [6, 6.07) is 6.87. The summed E-state index contributed by atoms with van der Waals surface area (Å²) in [6.45, 7) is 0.828. The molecular weight excluding hydrogens is 258 g/mol. The van der Waals surface area contributed by atoms with Gasteiger partial charge >= 0.3 is 5.69 Å². The van der Waals surface area contributed by atoms with E-state index in [2.05, 4.69) is 10.3 Å². The van der Waals surface area contributed by atoms with E-state index in [0.29, 0.717) is 23.1 Å². The second-order valence-corrected chi connectivity index (χ2v) is 4.50. The molecule has 0 fully saturated rings. The number of rotatable bonds is 7. The number of nitro groups is 1. The average Bonchev–Trinajstić information content (AvgIpc) is 2.46. The molecule has 0 unspecified atom stereocenters. The van der Waals surface area contributed by atoms with Crippen LogP contribution in [0.5, 0.6) is 0 Å². The van der Waals surface area contributed by atoms with Gasteiger partial charge in [0.25, 0.3) is 0 Å². The zero-order valence-electron chi connectivity index (χ0n) is 11.1. The zero-order valence-corrected chi connectivity index (χ0v) is 11.1. The first-order chi connectivity index (χ1) is 9.74. The summed E-state index contributed by atoms with van der Waals surface area (Å²) in [5.41, 5.74) is 1.20. The van der Waals surface area contributed by atoms with Gasteiger partial charge in [0.15, 0.2) is 0 Å². The molecule has 0 saturated carbocycles. The van der Waals surface area contributed by atoms with Crippen LogP contribution in [0.25, 0.3) is 10.9 Å². The van der Waals surface area contributed by atoms with Crippen LogP contribution in [0.15, 0.2) is 30.5 Å². The number of aliphatic hydroxyl groups excluding tert-OH is 1. The van der Waals surface area contributed by atoms with Gasteiger partial charge in [-0.05, 0) is 43.5 Å². The average molecular weight is 275 g/mol. The summed E-state index contributed by atoms with van der Waals surface area (Å²) < 4.78 is 0. The van der Waals surface area contributed by atoms with Crippen molar-refractivity contribution in [1.29, 1.82) is 0 Å². The standard InChI is InChI=1S/C14H17N3O3/c18-10-3-1-2-8-16-13-7-6-12-11(5-4-9-15-12)14(13)17(19)20/h4-7,9,16,18H,1-3,8,10H2. The summed E-state index contributed by atoms with van der Waals surface area (Å²) in [5.74, 6) is 0. The van der Waals surface area contributed by atoms with E-state index in [0.717, 1.165) is 19.3 Å². The van der Waals surface area contributed by atoms with Gasteiger partial charge in [0.2, 0.25) is 0 Å². The molecule has 1 heterocycles. The van der Waals surface area contributed by atoms with Crippen LogP contribution in [0.3, 0.4) is 0 Å². The normalized spacial score (nSPS) is 10.7. The Labute approximate surface area is 116 Å². The summed E-state index contributed by atoms with van der Waals surface area (Å²) in [5, 5.41) is 23.6. The number of fused-ring (bicyclic) bond motifs is 1. The molecule has 0 aliphatic carbocycles. The number of hydrogen-bond donors (Lipinski definition) is 2. The monoisotopic (exact) mass is 275 g/mol. The Kier molecular flexibility index (Phi) is 4.84. The minimum atomic E-state index is -0.375. The van der Waals surface area contributed by atoms with Crippen molar-refractivity contribution in [2.24, 2.45) is 0 Å². The molecule has 0 radical (unpaired) electrons. The van der Waals surface area contributed by atoms with Crippen molar-refractivity contribution < 1.29 is 10.0 Å². The molecule has 106 valence electrons. The Morgan fingerprint density at radius 2 is 2.10 bits per heavy atom. The summed E-state index contributed by atoms with van der Waals surface area (Å²) in [4.78, 5) is 15.0. The van der Waals surface area contributed by atoms with E-state index in [1.54, 1.807) is 30.5 Å². The summed E-state index contributed by atoms with van der Waals surface area (Å²) >= 11 is 0. The van der Waals surface area contributed by atoms with E-state index < -0.39 is 0 Å². The Bertz CT molecular complexity index is 601. The van der Waals surface area contributed by atoms with Crippen LogP contribution in [0.1, 0.15) is 19.3 Å². The Balaban J connectivity index is 2.20. The number of anilines is 1. The van der Waals surface area contributed by atoms with Crippen molar-refractivity contribution in [2.45, 2.75) is 19.3 Å². The molecular formula is C14H17N3O3. The number of pyridine rings is 1. The minimum absolute atomic E-state index is 0.0674. The fourth-order valence-electron chi connectivity index (χ4n) is 2.11. The van der Waals surface area contributed by atoms with E-state index in [1.807, 2.05) is 0 Å². The predicted molar refractivity (Wildman–Crippen MR) is 77.8 cm³/mol. The van der Waals surface area contributed by atoms with Crippen LogP contribution in [-0.2, 0) is 0 Å². The molecule has 6 heteroatoms. The van der Waals surface area contributed by atoms with Crippen molar-refractivity contribution in [3.63, 3.8) is 0 Å². The van der Waals surface area contributed by atoms with E-state index in [9.17, 15) is 10.1 Å². The van der Waals surface area contributed by atoms with E-state index in [4.69, 9.17) is 5.11 Å². The van der Waals surface area contributed by atoms with Gasteiger partial charge in [-0.1, -0.05) is 0 Å². The molecule has 1 aromatic heterocycles. The molecule has 0 aliphatic heterocycles. The Morgan fingerprint density at radius 1 is 1.25 bits per heavy atom. The molecule has 2 rings (SSSR count). The predicted octanol–water partition coefficient (Wildman–Crippen LogP) is 2.72. The van der Waals surface area contributed by atoms with Gasteiger partial charge in [0, 0.05) is 19.3 Å². The molecule has 0 spiro atoms. The number of nitro benzene ring substituents is 1. The first-order valence-corrected chi connectivity index (χ1v) is 6.61. The fourth-order valence-corrected chi connectivity index (χ4v) is 2.11. The van der Waals surface area contributed by atoms with Crippen molar-refractivity contribution in [3.8, 4) is 0 Å². The van der Waals surface area contributed by atoms with E-state index in [1.165, 1.54) is 0 Å². The quantitative estimate of drug-likeness (QED) is 0.461. The first-order valence-electron chi connectivity index (χ1n) is 6.61. The SMILES string of the molecule is O=[N+]([O-])c1c(NCCCCCO)ccc2ncccc12. The number of aromatic nitrogens is 1. The zero-order chi connectivity index (χ0) is 14.4. The number of benzene rings is 1. The van der Waals surface area contributed by atoms with Gasteiger partial charge in [-0.15, -0.1) is 0 Å². The lowest BCUT2D eigenvalue weighted by atomic mass is 10.1. The van der Waals surface area contributed by atoms with Crippen molar-refractivity contribution >= 4 is 22.3 Å². The maximum atomic E-state index is 11.3. The molecule has 0 aliphatic rings. The highest BCUT2D eigenvalue weighted by molar-refractivity contribution is 5.94. The Morgan fingerprint density at radius 3 is 2.85 bits per heavy atom. The van der Waals surface area contributed by atoms with Gasteiger partial charge in [-0.2, -0.15) is 0 Å². The van der Waals surface area contributed by atoms with E-state index >= 15 is 0 Å². The first kappa shape index (κ1) is 14.2. The maximum Gasteiger partial charge on any atom is 0.301 e. The third-order valence-corrected chi connectivity index (χ3v) is 3.09. The molecule has 0 amide bonds. The van der Waals surface area contributed by atoms with Crippen LogP contribution in [0.2, 0.25) is 0 Å². The molecule has 0 bridgehead atoms. The van der Waals surface area contributed by atoms with Crippen LogP contribution >= 0.6 is 0 Å². The molecule has 20 heavy (non-hydrogen) atoms. The second-order valence-electron chi connectivity index (χ2n) is 4.50. The molecule has 2 N–H and O–H groups in total. The summed E-state index contributed by atoms with van der Waals surface area (Å²) in [7, 11) is 0. The number of nitrogens with zero attached hydrogens (tertiary/aromatic N) is 2. The molecule has 0 atom stereocenters. The molecule has 1 aromatic carbocycles. The largest absolute Gasteiger partial charge is 0.396 e. The van der Waals surface area contributed by atoms with Crippen molar-refractivity contribution in [1.82, 2.24) is 4.98 Å². The number of unbranched alkanes of at least 4 members (excludes halogenated alkanes) is 2. The van der Waals surface area contributed by atoms with Crippen LogP contribution in [0.4, 0.5) is 11.4 Å².